The summed E-state index contributed by atoms with van der Waals surface area (Å²) in [6.45, 7) is 4.68. The second kappa shape index (κ2) is 9.80. The van der Waals surface area contributed by atoms with Gasteiger partial charge in [0.2, 0.25) is 5.91 Å². The molecular weight excluding hydrogens is 436 g/mol. The number of fused-ring (bicyclic) bond motifs is 2. The van der Waals surface area contributed by atoms with Crippen LogP contribution in [0.3, 0.4) is 0 Å². The molecule has 0 spiro atoms. The molecule has 5 rings (SSSR count). The molecule has 0 radical (unpaired) electrons. The number of quaternary nitrogens is 1. The van der Waals surface area contributed by atoms with Crippen LogP contribution in [0.2, 0.25) is 0 Å². The molecule has 0 saturated carbocycles. The Kier molecular flexibility index (Phi) is 6.58. The van der Waals surface area contributed by atoms with Crippen LogP contribution in [0.4, 0.5) is 4.79 Å². The van der Waals surface area contributed by atoms with Crippen molar-refractivity contribution >= 4 is 29.7 Å². The fourth-order valence-electron chi connectivity index (χ4n) is 5.98. The van der Waals surface area contributed by atoms with E-state index >= 15 is 0 Å². The number of carbonyl (C=O) groups is 2. The average molecular weight is 472 g/mol. The summed E-state index contributed by atoms with van der Waals surface area (Å²) in [6, 6.07) is 17.1. The van der Waals surface area contributed by atoms with Crippen LogP contribution in [0.1, 0.15) is 47.9 Å². The largest absolute Gasteiger partial charge is 0.414 e. The molecule has 2 fully saturated rings. The number of carbonyl (C=O) groups excluding carboxylic acids is 2. The molecule has 0 atom stereocenters. The van der Waals surface area contributed by atoms with E-state index < -0.39 is 0 Å². The minimum atomic E-state index is -0.285. The Labute approximate surface area is 207 Å². The molecule has 0 aromatic heterocycles. The van der Waals surface area contributed by atoms with Gasteiger partial charge < -0.3 is 11.5 Å². The first-order valence-electron chi connectivity index (χ1n) is 12.7. The summed E-state index contributed by atoms with van der Waals surface area (Å²) >= 11 is 0. The van der Waals surface area contributed by atoms with Crippen molar-refractivity contribution < 1.29 is 14.1 Å². The first kappa shape index (κ1) is 23.5. The SMILES string of the molecule is NC(=O)C1CC[N+](CCN2CCC(=C3c4ccccc4C=Cc4ccccc43)CC2)(C(N)=O)CC1. The summed E-state index contributed by atoms with van der Waals surface area (Å²) < 4.78 is 0.265. The maximum atomic E-state index is 12.4. The number of nitrogens with two attached hydrogens (primary N) is 2. The van der Waals surface area contributed by atoms with Crippen LogP contribution >= 0.6 is 0 Å². The number of hydrogen-bond donors (Lipinski definition) is 2. The normalized spacial score (nSPS) is 24.4. The van der Waals surface area contributed by atoms with E-state index in [-0.39, 0.29) is 22.3 Å². The monoisotopic (exact) mass is 471 g/mol. The number of likely N-dealkylation sites (tertiary alicyclic amines) is 2. The molecule has 3 aliphatic rings. The van der Waals surface area contributed by atoms with Gasteiger partial charge in [-0.2, -0.15) is 0 Å². The highest BCUT2D eigenvalue weighted by Gasteiger charge is 2.41. The number of piperidine rings is 2. The van der Waals surface area contributed by atoms with Crippen LogP contribution in [0, 0.1) is 5.92 Å². The fourth-order valence-corrected chi connectivity index (χ4v) is 5.98. The quantitative estimate of drug-likeness (QED) is 0.566. The molecule has 6 heteroatoms. The highest BCUT2D eigenvalue weighted by atomic mass is 16.2. The number of rotatable bonds is 4. The summed E-state index contributed by atoms with van der Waals surface area (Å²) in [4.78, 5) is 26.4. The third-order valence-corrected chi connectivity index (χ3v) is 8.24. The number of amides is 3. The Morgan fingerprint density at radius 1 is 0.857 bits per heavy atom. The molecule has 0 unspecified atom stereocenters. The van der Waals surface area contributed by atoms with Crippen molar-refractivity contribution in [3.63, 3.8) is 0 Å². The van der Waals surface area contributed by atoms with Crippen LogP contribution in [-0.2, 0) is 4.79 Å². The highest BCUT2D eigenvalue weighted by molar-refractivity contribution is 5.94. The van der Waals surface area contributed by atoms with Crippen molar-refractivity contribution in [1.82, 2.24) is 4.90 Å². The summed E-state index contributed by atoms with van der Waals surface area (Å²) in [6.07, 6.45) is 7.76. The summed E-state index contributed by atoms with van der Waals surface area (Å²) in [5.41, 5.74) is 19.4. The fraction of sp³-hybridized carbons (Fsp3) is 0.379. The van der Waals surface area contributed by atoms with Gasteiger partial charge in [0.1, 0.15) is 6.54 Å². The zero-order valence-electron chi connectivity index (χ0n) is 20.3. The van der Waals surface area contributed by atoms with Gasteiger partial charge in [0.05, 0.1) is 13.1 Å². The minimum absolute atomic E-state index is 0.135. The van der Waals surface area contributed by atoms with Gasteiger partial charge in [0.25, 0.3) is 0 Å². The van der Waals surface area contributed by atoms with Gasteiger partial charge in [0, 0.05) is 38.4 Å². The zero-order chi connectivity index (χ0) is 24.4. The first-order valence-corrected chi connectivity index (χ1v) is 12.7. The van der Waals surface area contributed by atoms with Crippen LogP contribution in [0.15, 0.2) is 54.1 Å². The zero-order valence-corrected chi connectivity index (χ0v) is 20.3. The van der Waals surface area contributed by atoms with Crippen LogP contribution < -0.4 is 11.5 Å². The molecule has 2 aromatic rings. The first-order chi connectivity index (χ1) is 17.0. The van der Waals surface area contributed by atoms with Gasteiger partial charge >= 0.3 is 6.03 Å². The van der Waals surface area contributed by atoms with E-state index in [1.165, 1.54) is 33.4 Å². The van der Waals surface area contributed by atoms with Gasteiger partial charge in [-0.15, -0.1) is 0 Å². The molecule has 6 nitrogen and oxygen atoms in total. The molecule has 3 amide bonds. The Morgan fingerprint density at radius 2 is 1.40 bits per heavy atom. The lowest BCUT2D eigenvalue weighted by atomic mass is 9.86. The van der Waals surface area contributed by atoms with Crippen molar-refractivity contribution in [2.75, 3.05) is 39.3 Å². The minimum Gasteiger partial charge on any atom is -0.369 e. The maximum Gasteiger partial charge on any atom is 0.414 e. The van der Waals surface area contributed by atoms with E-state index in [1.54, 1.807) is 0 Å². The highest BCUT2D eigenvalue weighted by Crippen LogP contribution is 2.38. The lowest BCUT2D eigenvalue weighted by Gasteiger charge is -2.41. The van der Waals surface area contributed by atoms with Crippen LogP contribution in [0.5, 0.6) is 0 Å². The molecule has 1 aliphatic carbocycles. The Morgan fingerprint density at radius 3 is 1.91 bits per heavy atom. The van der Waals surface area contributed by atoms with Crippen molar-refractivity contribution in [3.05, 3.63) is 76.4 Å². The molecule has 182 valence electrons. The standard InChI is InChI=1S/C29H34N4O2/c30-28(34)24-13-18-33(19-14-24,29(31)35)20-17-32-15-11-23(12-16-32)27-25-7-3-1-5-21(25)9-10-22-6-2-4-8-26(22)27/h1-10,24H,11-20H2,(H3-,30,31,34,35)/p+1. The van der Waals surface area contributed by atoms with Crippen molar-refractivity contribution in [2.24, 2.45) is 17.4 Å². The summed E-state index contributed by atoms with van der Waals surface area (Å²) in [7, 11) is 0. The van der Waals surface area contributed by atoms with E-state index in [4.69, 9.17) is 11.5 Å². The topological polar surface area (TPSA) is 89.4 Å². The third-order valence-electron chi connectivity index (χ3n) is 8.24. The maximum absolute atomic E-state index is 12.4. The molecule has 2 heterocycles. The van der Waals surface area contributed by atoms with Crippen molar-refractivity contribution in [3.8, 4) is 0 Å². The lowest BCUT2D eigenvalue weighted by molar-refractivity contribution is -0.855. The van der Waals surface area contributed by atoms with E-state index in [0.717, 1.165) is 32.5 Å². The number of hydrogen-bond acceptors (Lipinski definition) is 3. The number of nitrogens with zero attached hydrogens (tertiary/aromatic N) is 2. The van der Waals surface area contributed by atoms with Gasteiger partial charge in [0.15, 0.2) is 0 Å². The number of benzene rings is 2. The van der Waals surface area contributed by atoms with Crippen molar-refractivity contribution in [2.45, 2.75) is 25.7 Å². The predicted molar refractivity (Wildman–Crippen MR) is 140 cm³/mol. The summed E-state index contributed by atoms with van der Waals surface area (Å²) in [5, 5.41) is 0. The molecule has 0 bridgehead atoms. The Bertz CT molecular complexity index is 1130. The molecule has 2 aromatic carbocycles. The summed E-state index contributed by atoms with van der Waals surface area (Å²) in [5.74, 6) is -0.398. The van der Waals surface area contributed by atoms with Gasteiger partial charge in [-0.1, -0.05) is 66.3 Å². The number of primary amides is 2. The average Bonchev–Trinajstić information content (AvgIpc) is 3.05. The van der Waals surface area contributed by atoms with E-state index in [9.17, 15) is 9.59 Å². The molecule has 35 heavy (non-hydrogen) atoms. The third kappa shape index (κ3) is 4.68. The van der Waals surface area contributed by atoms with E-state index in [1.807, 2.05) is 0 Å². The van der Waals surface area contributed by atoms with E-state index in [2.05, 4.69) is 65.6 Å². The van der Waals surface area contributed by atoms with Gasteiger partial charge in [-0.05, 0) is 40.7 Å². The Hall–Kier alpha value is -3.22. The lowest BCUT2D eigenvalue weighted by Crippen LogP contribution is -2.62. The Balaban J connectivity index is 1.31. The predicted octanol–water partition coefficient (Wildman–Crippen LogP) is 3.86. The second-order valence-electron chi connectivity index (χ2n) is 10.2. The van der Waals surface area contributed by atoms with Crippen LogP contribution in [0.25, 0.3) is 17.7 Å². The second-order valence-corrected chi connectivity index (χ2v) is 10.2. The molecule has 2 saturated heterocycles. The van der Waals surface area contributed by atoms with Crippen LogP contribution in [-0.4, -0.2) is 60.6 Å². The van der Waals surface area contributed by atoms with E-state index in [0.29, 0.717) is 32.5 Å². The molecular formula is C29H35N4O2+. The molecule has 2 aliphatic heterocycles. The van der Waals surface area contributed by atoms with Gasteiger partial charge in [-0.25, -0.2) is 9.28 Å². The van der Waals surface area contributed by atoms with Crippen molar-refractivity contribution in [1.29, 1.82) is 0 Å². The van der Waals surface area contributed by atoms with Gasteiger partial charge in [-0.3, -0.25) is 9.69 Å². The molecule has 4 N–H and O–H groups in total. The number of urea groups is 1. The smallest absolute Gasteiger partial charge is 0.369 e.